The maximum Gasteiger partial charge on any atom is 0.0585 e. The molecule has 19 heavy (non-hydrogen) atoms. The van der Waals surface area contributed by atoms with Crippen molar-refractivity contribution in [3.05, 3.63) is 67.6 Å². The minimum absolute atomic E-state index is 0.186. The number of hydrogen-bond donors (Lipinski definition) is 1. The minimum atomic E-state index is 0.186. The molecule has 0 aliphatic heterocycles. The molecule has 0 radical (unpaired) electrons. The zero-order valence-electron chi connectivity index (χ0n) is 11.3. The third kappa shape index (κ3) is 3.28. The van der Waals surface area contributed by atoms with Gasteiger partial charge in [0.1, 0.15) is 0 Å². The van der Waals surface area contributed by atoms with Crippen molar-refractivity contribution in [3.63, 3.8) is 0 Å². The number of halogens is 2. The van der Waals surface area contributed by atoms with Gasteiger partial charge in [0.2, 0.25) is 0 Å². The SMILES string of the molecule is CNC(c1ccc(C)c(C)c1)c1cc(Br)ccc1Br. The van der Waals surface area contributed by atoms with Crippen LogP contribution in [0.1, 0.15) is 28.3 Å². The van der Waals surface area contributed by atoms with E-state index in [0.29, 0.717) is 0 Å². The van der Waals surface area contributed by atoms with Gasteiger partial charge in [0.25, 0.3) is 0 Å². The van der Waals surface area contributed by atoms with Crippen molar-refractivity contribution in [1.29, 1.82) is 0 Å². The Morgan fingerprint density at radius 2 is 1.68 bits per heavy atom. The Hall–Kier alpha value is -0.640. The van der Waals surface area contributed by atoms with Crippen LogP contribution in [0.4, 0.5) is 0 Å². The molecule has 0 fully saturated rings. The topological polar surface area (TPSA) is 12.0 Å². The summed E-state index contributed by atoms with van der Waals surface area (Å²) in [4.78, 5) is 0. The molecule has 0 aliphatic rings. The maximum atomic E-state index is 3.64. The summed E-state index contributed by atoms with van der Waals surface area (Å²) in [6.07, 6.45) is 0. The number of rotatable bonds is 3. The van der Waals surface area contributed by atoms with E-state index in [1.54, 1.807) is 0 Å². The Morgan fingerprint density at radius 3 is 2.32 bits per heavy atom. The van der Waals surface area contributed by atoms with Gasteiger partial charge in [-0.15, -0.1) is 0 Å². The van der Waals surface area contributed by atoms with Crippen LogP contribution >= 0.6 is 31.9 Å². The summed E-state index contributed by atoms with van der Waals surface area (Å²) < 4.78 is 2.21. The molecule has 1 atom stereocenters. The number of benzene rings is 2. The zero-order chi connectivity index (χ0) is 14.0. The van der Waals surface area contributed by atoms with E-state index in [2.05, 4.69) is 81.4 Å². The minimum Gasteiger partial charge on any atom is -0.309 e. The average Bonchev–Trinajstić information content (AvgIpc) is 2.38. The number of hydrogen-bond acceptors (Lipinski definition) is 1. The van der Waals surface area contributed by atoms with Crippen LogP contribution in [0.3, 0.4) is 0 Å². The van der Waals surface area contributed by atoms with Gasteiger partial charge >= 0.3 is 0 Å². The molecule has 0 aliphatic carbocycles. The highest BCUT2D eigenvalue weighted by atomic mass is 79.9. The van der Waals surface area contributed by atoms with E-state index in [0.717, 1.165) is 8.95 Å². The molecule has 1 unspecified atom stereocenters. The molecule has 2 aromatic carbocycles. The monoisotopic (exact) mass is 381 g/mol. The first-order valence-corrected chi connectivity index (χ1v) is 7.81. The van der Waals surface area contributed by atoms with Gasteiger partial charge in [-0.2, -0.15) is 0 Å². The second-order valence-electron chi connectivity index (χ2n) is 4.73. The predicted molar refractivity (Wildman–Crippen MR) is 88.7 cm³/mol. The van der Waals surface area contributed by atoms with Crippen LogP contribution in [0.2, 0.25) is 0 Å². The molecule has 0 saturated heterocycles. The highest BCUT2D eigenvalue weighted by Crippen LogP contribution is 2.31. The third-order valence-corrected chi connectivity index (χ3v) is 4.64. The molecular formula is C16H17Br2N. The first-order valence-electron chi connectivity index (χ1n) is 6.22. The molecule has 100 valence electrons. The molecule has 1 nitrogen and oxygen atoms in total. The molecule has 0 spiro atoms. The molecule has 3 heteroatoms. The van der Waals surface area contributed by atoms with Crippen molar-refractivity contribution in [2.75, 3.05) is 7.05 Å². The second-order valence-corrected chi connectivity index (χ2v) is 6.50. The largest absolute Gasteiger partial charge is 0.309 e. The van der Waals surface area contributed by atoms with Gasteiger partial charge in [-0.25, -0.2) is 0 Å². The van der Waals surface area contributed by atoms with Crippen molar-refractivity contribution < 1.29 is 0 Å². The van der Waals surface area contributed by atoms with Crippen molar-refractivity contribution in [3.8, 4) is 0 Å². The van der Waals surface area contributed by atoms with E-state index in [4.69, 9.17) is 0 Å². The van der Waals surface area contributed by atoms with Gasteiger partial charge in [0.05, 0.1) is 6.04 Å². The summed E-state index contributed by atoms with van der Waals surface area (Å²) in [6, 6.07) is 13.1. The van der Waals surface area contributed by atoms with E-state index in [9.17, 15) is 0 Å². The van der Waals surface area contributed by atoms with E-state index in [1.807, 2.05) is 13.1 Å². The quantitative estimate of drug-likeness (QED) is 0.775. The maximum absolute atomic E-state index is 3.64. The van der Waals surface area contributed by atoms with E-state index in [-0.39, 0.29) is 6.04 Å². The fourth-order valence-corrected chi connectivity index (χ4v) is 3.04. The molecule has 2 rings (SSSR count). The van der Waals surface area contributed by atoms with Crippen molar-refractivity contribution in [2.45, 2.75) is 19.9 Å². The van der Waals surface area contributed by atoms with Gasteiger partial charge < -0.3 is 5.32 Å². The molecule has 0 saturated carbocycles. The fourth-order valence-electron chi connectivity index (χ4n) is 2.18. The van der Waals surface area contributed by atoms with Gasteiger partial charge in [-0.1, -0.05) is 50.1 Å². The normalized spacial score (nSPS) is 12.5. The summed E-state index contributed by atoms with van der Waals surface area (Å²) in [6.45, 7) is 4.30. The molecular weight excluding hydrogens is 366 g/mol. The van der Waals surface area contributed by atoms with Crippen LogP contribution in [0.5, 0.6) is 0 Å². The first-order chi connectivity index (χ1) is 9.02. The molecule has 0 heterocycles. The smallest absolute Gasteiger partial charge is 0.0585 e. The van der Waals surface area contributed by atoms with Crippen LogP contribution in [0.25, 0.3) is 0 Å². The van der Waals surface area contributed by atoms with Crippen molar-refractivity contribution >= 4 is 31.9 Å². The van der Waals surface area contributed by atoms with E-state index in [1.165, 1.54) is 22.3 Å². The van der Waals surface area contributed by atoms with Crippen molar-refractivity contribution in [1.82, 2.24) is 5.32 Å². The van der Waals surface area contributed by atoms with Crippen LogP contribution in [-0.4, -0.2) is 7.05 Å². The fraction of sp³-hybridized carbons (Fsp3) is 0.250. The van der Waals surface area contributed by atoms with E-state index < -0.39 is 0 Å². The van der Waals surface area contributed by atoms with Gasteiger partial charge in [0, 0.05) is 8.95 Å². The van der Waals surface area contributed by atoms with Gasteiger partial charge in [-0.05, 0) is 61.3 Å². The Kier molecular flexibility index (Phi) is 4.82. The molecule has 0 aromatic heterocycles. The lowest BCUT2D eigenvalue weighted by Crippen LogP contribution is -2.18. The summed E-state index contributed by atoms with van der Waals surface area (Å²) in [5.41, 5.74) is 5.17. The summed E-state index contributed by atoms with van der Waals surface area (Å²) >= 11 is 7.19. The van der Waals surface area contributed by atoms with Gasteiger partial charge in [0.15, 0.2) is 0 Å². The Balaban J connectivity index is 2.49. The van der Waals surface area contributed by atoms with Crippen LogP contribution in [0.15, 0.2) is 45.3 Å². The molecule has 2 aromatic rings. The number of aryl methyl sites for hydroxylation is 2. The Bertz CT molecular complexity index is 593. The summed E-state index contributed by atoms with van der Waals surface area (Å²) in [7, 11) is 1.99. The standard InChI is InChI=1S/C16H17Br2N/c1-10-4-5-12(8-11(10)2)16(19-3)14-9-13(17)6-7-15(14)18/h4-9,16,19H,1-3H3. The molecule has 0 amide bonds. The lowest BCUT2D eigenvalue weighted by Gasteiger charge is -2.20. The van der Waals surface area contributed by atoms with Gasteiger partial charge in [-0.3, -0.25) is 0 Å². The number of nitrogens with one attached hydrogen (secondary N) is 1. The predicted octanol–water partition coefficient (Wildman–Crippen LogP) is 5.14. The zero-order valence-corrected chi connectivity index (χ0v) is 14.5. The van der Waals surface area contributed by atoms with Crippen LogP contribution in [0, 0.1) is 13.8 Å². The Labute approximate surface area is 131 Å². The van der Waals surface area contributed by atoms with Crippen molar-refractivity contribution in [2.24, 2.45) is 0 Å². The van der Waals surface area contributed by atoms with E-state index >= 15 is 0 Å². The molecule has 1 N–H and O–H groups in total. The lowest BCUT2D eigenvalue weighted by molar-refractivity contribution is 0.687. The average molecular weight is 383 g/mol. The summed E-state index contributed by atoms with van der Waals surface area (Å²) in [5.74, 6) is 0. The Morgan fingerprint density at radius 1 is 0.947 bits per heavy atom. The second kappa shape index (κ2) is 6.21. The van der Waals surface area contributed by atoms with Crippen LogP contribution < -0.4 is 5.32 Å². The lowest BCUT2D eigenvalue weighted by atomic mass is 9.96. The molecule has 0 bridgehead atoms. The highest BCUT2D eigenvalue weighted by Gasteiger charge is 2.15. The highest BCUT2D eigenvalue weighted by molar-refractivity contribution is 9.11. The first kappa shape index (κ1) is 14.8. The van der Waals surface area contributed by atoms with Crippen LogP contribution in [-0.2, 0) is 0 Å². The summed E-state index contributed by atoms with van der Waals surface area (Å²) in [5, 5.41) is 3.40. The third-order valence-electron chi connectivity index (χ3n) is 3.42.